The van der Waals surface area contributed by atoms with Crippen LogP contribution in [0.2, 0.25) is 0 Å². The fraction of sp³-hybridized carbons (Fsp3) is 0.533. The van der Waals surface area contributed by atoms with Crippen molar-refractivity contribution in [2.24, 2.45) is 9.98 Å². The highest BCUT2D eigenvalue weighted by atomic mass is 79.9. The van der Waals surface area contributed by atoms with Crippen molar-refractivity contribution in [1.29, 1.82) is 0 Å². The van der Waals surface area contributed by atoms with Gasteiger partial charge in [0.25, 0.3) is 0 Å². The molecule has 13 heteroatoms. The summed E-state index contributed by atoms with van der Waals surface area (Å²) in [5.74, 6) is 1.35. The van der Waals surface area contributed by atoms with Gasteiger partial charge in [0.15, 0.2) is 0 Å². The van der Waals surface area contributed by atoms with Crippen molar-refractivity contribution < 1.29 is 28.5 Å². The van der Waals surface area contributed by atoms with Crippen LogP contribution >= 0.6 is 15.9 Å². The van der Waals surface area contributed by atoms with Gasteiger partial charge in [0.05, 0.1) is 47.1 Å². The van der Waals surface area contributed by atoms with Crippen LogP contribution in [0.5, 0.6) is 11.5 Å². The molecule has 0 bridgehead atoms. The second-order valence-electron chi connectivity index (χ2n) is 17.8. The molecule has 0 radical (unpaired) electrons. The van der Waals surface area contributed by atoms with Crippen LogP contribution in [-0.4, -0.2) is 131 Å². The third-order valence-corrected chi connectivity index (χ3v) is 12.0. The van der Waals surface area contributed by atoms with E-state index in [2.05, 4.69) is 127 Å². The molecule has 0 aliphatic rings. The Kier molecular flexibility index (Phi) is 37.3. The molecule has 12 nitrogen and oxygen atoms in total. The highest BCUT2D eigenvalue weighted by Gasteiger charge is 2.13. The minimum atomic E-state index is -0.206. The Morgan fingerprint density at radius 3 is 1.30 bits per heavy atom. The molecule has 0 aliphatic carbocycles. The van der Waals surface area contributed by atoms with Crippen molar-refractivity contribution in [2.45, 2.75) is 119 Å². The molecule has 4 aromatic carbocycles. The van der Waals surface area contributed by atoms with E-state index in [1.165, 1.54) is 74.8 Å². The van der Waals surface area contributed by atoms with Crippen LogP contribution in [-0.2, 0) is 45.2 Å². The first-order chi connectivity index (χ1) is 35.6. The number of unbranched alkanes of at least 4 members (excludes halogenated alkanes) is 2. The zero-order valence-corrected chi connectivity index (χ0v) is 47.5. The van der Waals surface area contributed by atoms with Crippen molar-refractivity contribution in [2.75, 3.05) is 91.7 Å². The molecule has 0 atom stereocenters. The molecule has 0 aromatic heterocycles. The molecule has 73 heavy (non-hydrogen) atoms. The Morgan fingerprint density at radius 1 is 0.507 bits per heavy atom. The summed E-state index contributed by atoms with van der Waals surface area (Å²) in [7, 11) is 3.34. The zero-order valence-electron chi connectivity index (χ0n) is 45.9. The standard InChI is InChI=1S/C30H45N3O3.C26H39N3O.C4H7BrO2/c1-5-18-32(19-6-2)20-8-9-21-33(25-30(34)36-7-3)24-28-12-10-26(11-13-28)22-31-23-27-14-16-29(35-4)17-15-27;1-4-17-29(18-5-2)19-7-6-16-27-20-23-8-10-24(11-9-23)21-28-22-25-12-14-26(30-3)15-13-25;1-2-7-4(6)3-5/h10-17,23H,5-9,18-22,24-25H2,1-4H3;8-15,22,27H,4-7,16-21H2,1-3H3;2-3H2,1H3. The molecule has 4 rings (SSSR count). The van der Waals surface area contributed by atoms with Crippen LogP contribution in [0.25, 0.3) is 0 Å². The van der Waals surface area contributed by atoms with Gasteiger partial charge >= 0.3 is 11.9 Å². The molecule has 0 aliphatic heterocycles. The van der Waals surface area contributed by atoms with Crippen LogP contribution in [0, 0.1) is 0 Å². The van der Waals surface area contributed by atoms with Gasteiger partial charge in [-0.05, 0) is 199 Å². The van der Waals surface area contributed by atoms with Crippen LogP contribution in [0.1, 0.15) is 126 Å². The molecule has 0 fully saturated rings. The van der Waals surface area contributed by atoms with Crippen molar-refractivity contribution >= 4 is 40.3 Å². The van der Waals surface area contributed by atoms with Gasteiger partial charge in [-0.25, -0.2) is 0 Å². The van der Waals surface area contributed by atoms with Crippen molar-refractivity contribution in [1.82, 2.24) is 20.0 Å². The topological polar surface area (TPSA) is 118 Å². The molecule has 0 saturated carbocycles. The van der Waals surface area contributed by atoms with Gasteiger partial charge in [-0.15, -0.1) is 0 Å². The van der Waals surface area contributed by atoms with Crippen molar-refractivity contribution in [3.05, 3.63) is 130 Å². The summed E-state index contributed by atoms with van der Waals surface area (Å²) >= 11 is 2.94. The molecule has 0 spiro atoms. The number of alkyl halides is 1. The van der Waals surface area contributed by atoms with E-state index in [0.29, 0.717) is 38.2 Å². The monoisotopic (exact) mass is 1070 g/mol. The minimum Gasteiger partial charge on any atom is -0.497 e. The summed E-state index contributed by atoms with van der Waals surface area (Å²) in [6.45, 7) is 26.0. The zero-order chi connectivity index (χ0) is 53.2. The Balaban J connectivity index is 0.000000447. The fourth-order valence-electron chi connectivity index (χ4n) is 7.89. The van der Waals surface area contributed by atoms with E-state index >= 15 is 0 Å². The lowest BCUT2D eigenvalue weighted by atomic mass is 10.1. The second-order valence-corrected chi connectivity index (χ2v) is 18.4. The van der Waals surface area contributed by atoms with Gasteiger partial charge in [-0.2, -0.15) is 0 Å². The number of halogens is 1. The maximum absolute atomic E-state index is 12.2. The minimum absolute atomic E-state index is 0.152. The largest absolute Gasteiger partial charge is 0.497 e. The van der Waals surface area contributed by atoms with Crippen LogP contribution in [0.4, 0.5) is 0 Å². The quantitative estimate of drug-likeness (QED) is 0.0207. The van der Waals surface area contributed by atoms with Gasteiger partial charge < -0.3 is 34.1 Å². The van der Waals surface area contributed by atoms with Crippen molar-refractivity contribution in [3.8, 4) is 11.5 Å². The van der Waals surface area contributed by atoms with E-state index < -0.39 is 0 Å². The maximum atomic E-state index is 12.2. The Labute approximate surface area is 449 Å². The molecule has 0 saturated heterocycles. The molecule has 4 aromatic rings. The smallest absolute Gasteiger partial charge is 0.320 e. The summed E-state index contributed by atoms with van der Waals surface area (Å²) in [4.78, 5) is 38.8. The van der Waals surface area contributed by atoms with Crippen LogP contribution in [0.15, 0.2) is 107 Å². The summed E-state index contributed by atoms with van der Waals surface area (Å²) in [6.07, 6.45) is 13.4. The third kappa shape index (κ3) is 31.4. The third-order valence-electron chi connectivity index (χ3n) is 11.5. The Bertz CT molecular complexity index is 2020. The highest BCUT2D eigenvalue weighted by Crippen LogP contribution is 2.14. The summed E-state index contributed by atoms with van der Waals surface area (Å²) in [5.41, 5.74) is 7.05. The SMILES string of the molecule is CCCN(CCC)CCCCN(CC(=O)OCC)Cc1ccc(CN=Cc2ccc(OC)cc2)cc1.CCCN(CCC)CCCCNCc1ccc(CN=Cc2ccc(OC)cc2)cc1.CCOC(=O)CBr. The summed E-state index contributed by atoms with van der Waals surface area (Å²) in [5, 5.41) is 3.87. The lowest BCUT2D eigenvalue weighted by Gasteiger charge is -2.24. The van der Waals surface area contributed by atoms with Gasteiger partial charge in [-0.3, -0.25) is 24.5 Å². The Morgan fingerprint density at radius 2 is 0.904 bits per heavy atom. The van der Waals surface area contributed by atoms with Gasteiger partial charge in [0.1, 0.15) is 16.8 Å². The molecule has 0 heterocycles. The first-order valence-corrected chi connectivity index (χ1v) is 27.9. The van der Waals surface area contributed by atoms with Crippen molar-refractivity contribution in [3.63, 3.8) is 0 Å². The normalized spacial score (nSPS) is 11.2. The molecular formula is C60H91BrN6O6. The first-order valence-electron chi connectivity index (χ1n) is 26.8. The van der Waals surface area contributed by atoms with Crippen LogP contribution < -0.4 is 14.8 Å². The second kappa shape index (κ2) is 42.4. The Hall–Kier alpha value is -4.92. The lowest BCUT2D eigenvalue weighted by molar-refractivity contribution is -0.144. The summed E-state index contributed by atoms with van der Waals surface area (Å²) in [6, 6.07) is 33.1. The van der Waals surface area contributed by atoms with Gasteiger partial charge in [0.2, 0.25) is 0 Å². The number of nitrogens with zero attached hydrogens (tertiary/aromatic N) is 5. The highest BCUT2D eigenvalue weighted by molar-refractivity contribution is 9.09. The molecular weight excluding hydrogens is 981 g/mol. The number of carbonyl (C=O) groups excluding carboxylic acids is 2. The van der Waals surface area contributed by atoms with Crippen LogP contribution in [0.3, 0.4) is 0 Å². The number of aliphatic imine (C=N–C) groups is 2. The number of benzene rings is 4. The summed E-state index contributed by atoms with van der Waals surface area (Å²) < 4.78 is 20.1. The number of rotatable bonds is 35. The van der Waals surface area contributed by atoms with Gasteiger partial charge in [0, 0.05) is 25.5 Å². The number of ether oxygens (including phenoxy) is 4. The maximum Gasteiger partial charge on any atom is 0.320 e. The number of carbonyl (C=O) groups is 2. The molecule has 404 valence electrons. The number of nitrogens with one attached hydrogen (secondary N) is 1. The lowest BCUT2D eigenvalue weighted by Crippen LogP contribution is -2.32. The van der Waals surface area contributed by atoms with E-state index in [1.54, 1.807) is 21.1 Å². The molecule has 0 unspecified atom stereocenters. The number of esters is 2. The van der Waals surface area contributed by atoms with E-state index in [1.807, 2.05) is 67.9 Å². The first kappa shape index (κ1) is 64.2. The predicted molar refractivity (Wildman–Crippen MR) is 308 cm³/mol. The van der Waals surface area contributed by atoms with E-state index in [9.17, 15) is 9.59 Å². The van der Waals surface area contributed by atoms with E-state index in [4.69, 9.17) is 14.2 Å². The molecule has 0 amide bonds. The average Bonchev–Trinajstić information content (AvgIpc) is 3.40. The van der Waals surface area contributed by atoms with Gasteiger partial charge in [-0.1, -0.05) is 92.2 Å². The predicted octanol–water partition coefficient (Wildman–Crippen LogP) is 11.8. The molecule has 1 N–H and O–H groups in total. The van der Waals surface area contributed by atoms with E-state index in [0.717, 1.165) is 86.8 Å². The fourth-order valence-corrected chi connectivity index (χ4v) is 8.05. The average molecular weight is 1070 g/mol. The number of hydrogen-bond acceptors (Lipinski definition) is 12. The number of methoxy groups -OCH3 is 2. The van der Waals surface area contributed by atoms with E-state index in [-0.39, 0.29) is 11.9 Å². The number of hydrogen-bond donors (Lipinski definition) is 1.